The maximum Gasteiger partial charge on any atom is 0.221 e. The molecule has 2 aromatic heterocycles. The molecule has 4 rings (SSSR count). The number of amides is 1. The molecule has 0 spiro atoms. The van der Waals surface area contributed by atoms with Crippen LogP contribution in [0.15, 0.2) is 59.1 Å². The maximum absolute atomic E-state index is 13.9. The van der Waals surface area contributed by atoms with Crippen molar-refractivity contribution in [1.29, 1.82) is 0 Å². The van der Waals surface area contributed by atoms with Crippen LogP contribution in [-0.2, 0) is 11.2 Å². The Balaban J connectivity index is 1.40. The lowest BCUT2D eigenvalue weighted by atomic mass is 10.0. The lowest BCUT2D eigenvalue weighted by Crippen LogP contribution is -2.32. The van der Waals surface area contributed by atoms with E-state index in [4.69, 9.17) is 4.42 Å². The second-order valence-corrected chi connectivity index (χ2v) is 7.53. The number of aryl methyl sites for hydroxylation is 1. The minimum Gasteiger partial charge on any atom is -0.441 e. The van der Waals surface area contributed by atoms with E-state index in [0.29, 0.717) is 23.6 Å². The van der Waals surface area contributed by atoms with Gasteiger partial charge in [0, 0.05) is 12.8 Å². The van der Waals surface area contributed by atoms with Crippen LogP contribution in [0.2, 0.25) is 0 Å². The zero-order valence-electron chi connectivity index (χ0n) is 16.9. The molecule has 0 bridgehead atoms. The van der Waals surface area contributed by atoms with E-state index in [0.717, 1.165) is 16.9 Å². The number of benzene rings is 2. The summed E-state index contributed by atoms with van der Waals surface area (Å²) in [6, 6.07) is 13.9. The minimum absolute atomic E-state index is 0.125. The van der Waals surface area contributed by atoms with Gasteiger partial charge >= 0.3 is 0 Å². The van der Waals surface area contributed by atoms with Crippen LogP contribution in [0.3, 0.4) is 0 Å². The third-order valence-electron chi connectivity index (χ3n) is 4.94. The number of para-hydroxylation sites is 2. The number of oxazole rings is 1. The molecule has 0 radical (unpaired) electrons. The molecular formula is C23H23FN4O2. The van der Waals surface area contributed by atoms with Crippen molar-refractivity contribution in [3.8, 4) is 11.3 Å². The summed E-state index contributed by atoms with van der Waals surface area (Å²) in [7, 11) is 0. The van der Waals surface area contributed by atoms with Gasteiger partial charge < -0.3 is 14.7 Å². The van der Waals surface area contributed by atoms with E-state index < -0.39 is 0 Å². The van der Waals surface area contributed by atoms with Crippen LogP contribution in [0.1, 0.15) is 38.0 Å². The van der Waals surface area contributed by atoms with Gasteiger partial charge in [-0.3, -0.25) is 4.79 Å². The summed E-state index contributed by atoms with van der Waals surface area (Å²) in [4.78, 5) is 24.6. The number of nitrogens with zero attached hydrogens (tertiary/aromatic N) is 2. The molecule has 0 saturated carbocycles. The summed E-state index contributed by atoms with van der Waals surface area (Å²) < 4.78 is 19.5. The number of carbonyl (C=O) groups is 1. The monoisotopic (exact) mass is 406 g/mol. The first-order valence-corrected chi connectivity index (χ1v) is 9.95. The summed E-state index contributed by atoms with van der Waals surface area (Å²) in [5, 5.41) is 3.05. The number of fused-ring (bicyclic) bond motifs is 1. The first kappa shape index (κ1) is 19.8. The average molecular weight is 406 g/mol. The Labute approximate surface area is 173 Å². The van der Waals surface area contributed by atoms with Crippen molar-refractivity contribution in [2.24, 2.45) is 5.92 Å². The summed E-state index contributed by atoms with van der Waals surface area (Å²) in [6.07, 6.45) is 2.02. The van der Waals surface area contributed by atoms with Crippen molar-refractivity contribution in [1.82, 2.24) is 20.3 Å². The number of carbonyl (C=O) groups excluding carboxylic acids is 1. The van der Waals surface area contributed by atoms with Crippen molar-refractivity contribution in [2.75, 3.05) is 0 Å². The molecule has 0 aliphatic rings. The van der Waals surface area contributed by atoms with Crippen molar-refractivity contribution < 1.29 is 13.6 Å². The Hall–Kier alpha value is -3.48. The molecule has 2 aromatic carbocycles. The molecule has 2 N–H and O–H groups in total. The molecule has 0 aliphatic carbocycles. The zero-order valence-corrected chi connectivity index (χ0v) is 16.9. The Bertz CT molecular complexity index is 1130. The number of halogens is 1. The number of hydrogen-bond acceptors (Lipinski definition) is 4. The molecule has 4 aromatic rings. The first-order chi connectivity index (χ1) is 14.5. The van der Waals surface area contributed by atoms with Gasteiger partial charge in [0.25, 0.3) is 0 Å². The molecule has 0 aliphatic heterocycles. The Morgan fingerprint density at radius 1 is 1.17 bits per heavy atom. The minimum atomic E-state index is -0.372. The normalized spacial score (nSPS) is 12.4. The topological polar surface area (TPSA) is 83.8 Å². The molecule has 2 heterocycles. The van der Waals surface area contributed by atoms with E-state index in [1.807, 2.05) is 38.1 Å². The van der Waals surface area contributed by atoms with Gasteiger partial charge in [-0.25, -0.2) is 14.4 Å². The summed E-state index contributed by atoms with van der Waals surface area (Å²) in [6.45, 7) is 4.07. The Morgan fingerprint density at radius 3 is 2.70 bits per heavy atom. The number of nitrogens with one attached hydrogen (secondary N) is 2. The fourth-order valence-electron chi connectivity index (χ4n) is 3.35. The Kier molecular flexibility index (Phi) is 5.61. The lowest BCUT2D eigenvalue weighted by Gasteiger charge is -2.20. The van der Waals surface area contributed by atoms with Crippen LogP contribution in [0.5, 0.6) is 0 Å². The van der Waals surface area contributed by atoms with Crippen molar-refractivity contribution >= 4 is 16.9 Å². The first-order valence-electron chi connectivity index (χ1n) is 9.95. The van der Waals surface area contributed by atoms with Crippen LogP contribution >= 0.6 is 0 Å². The predicted octanol–water partition coefficient (Wildman–Crippen LogP) is 4.80. The largest absolute Gasteiger partial charge is 0.441 e. The molecule has 6 nitrogen and oxygen atoms in total. The molecule has 1 amide bonds. The van der Waals surface area contributed by atoms with Gasteiger partial charge in [0.1, 0.15) is 11.6 Å². The number of aromatic amines is 1. The number of aromatic nitrogens is 3. The van der Waals surface area contributed by atoms with Gasteiger partial charge in [-0.15, -0.1) is 0 Å². The molecule has 30 heavy (non-hydrogen) atoms. The third-order valence-corrected chi connectivity index (χ3v) is 4.94. The van der Waals surface area contributed by atoms with E-state index in [9.17, 15) is 9.18 Å². The molecule has 1 unspecified atom stereocenters. The standard InChI is InChI=1S/C23H23FN4O2/c1-14(2)22(23-26-17-9-5-6-10-18(17)27-23)28-20(29)11-12-21-25-13-19(30-21)15-7-3-4-8-16(15)24/h3-10,13-14,22H,11-12H2,1-2H3,(H,26,27)(H,28,29). The molecule has 154 valence electrons. The SMILES string of the molecule is CC(C)C(NC(=O)CCc1ncc(-c2ccccc2F)o1)c1nc2ccccc2[nH]1. The van der Waals surface area contributed by atoms with E-state index in [1.165, 1.54) is 12.3 Å². The quantitative estimate of drug-likeness (QED) is 0.462. The summed E-state index contributed by atoms with van der Waals surface area (Å²) in [5.41, 5.74) is 2.16. The van der Waals surface area contributed by atoms with Crippen molar-refractivity contribution in [2.45, 2.75) is 32.7 Å². The van der Waals surface area contributed by atoms with E-state index in [-0.39, 0.29) is 30.1 Å². The predicted molar refractivity (Wildman–Crippen MR) is 112 cm³/mol. The van der Waals surface area contributed by atoms with E-state index >= 15 is 0 Å². The van der Waals surface area contributed by atoms with Gasteiger partial charge in [-0.1, -0.05) is 38.1 Å². The van der Waals surface area contributed by atoms with Crippen molar-refractivity contribution in [3.05, 3.63) is 72.3 Å². The van der Waals surface area contributed by atoms with Crippen LogP contribution in [0.4, 0.5) is 4.39 Å². The third kappa shape index (κ3) is 4.25. The van der Waals surface area contributed by atoms with Crippen molar-refractivity contribution in [3.63, 3.8) is 0 Å². The molecule has 0 saturated heterocycles. The van der Waals surface area contributed by atoms with Crippen LogP contribution in [-0.4, -0.2) is 20.9 Å². The highest BCUT2D eigenvalue weighted by Crippen LogP contribution is 2.24. The summed E-state index contributed by atoms with van der Waals surface area (Å²) >= 11 is 0. The highest BCUT2D eigenvalue weighted by Gasteiger charge is 2.22. The fraction of sp³-hybridized carbons (Fsp3) is 0.261. The number of imidazole rings is 1. The van der Waals surface area contributed by atoms with Gasteiger partial charge in [0.2, 0.25) is 5.91 Å². The fourth-order valence-corrected chi connectivity index (χ4v) is 3.35. The summed E-state index contributed by atoms with van der Waals surface area (Å²) in [5.74, 6) is 1.14. The highest BCUT2D eigenvalue weighted by atomic mass is 19.1. The Morgan fingerprint density at radius 2 is 1.93 bits per heavy atom. The van der Waals surface area contributed by atoms with Crippen LogP contribution < -0.4 is 5.32 Å². The van der Waals surface area contributed by atoms with Crippen LogP contribution in [0.25, 0.3) is 22.4 Å². The number of rotatable bonds is 7. The van der Waals surface area contributed by atoms with Gasteiger partial charge in [-0.05, 0) is 30.2 Å². The second-order valence-electron chi connectivity index (χ2n) is 7.53. The number of H-pyrrole nitrogens is 1. The van der Waals surface area contributed by atoms with Gasteiger partial charge in [-0.2, -0.15) is 0 Å². The zero-order chi connectivity index (χ0) is 21.1. The average Bonchev–Trinajstić information content (AvgIpc) is 3.37. The molecule has 0 fully saturated rings. The lowest BCUT2D eigenvalue weighted by molar-refractivity contribution is -0.122. The number of hydrogen-bond donors (Lipinski definition) is 2. The highest BCUT2D eigenvalue weighted by molar-refractivity contribution is 5.77. The molecule has 7 heteroatoms. The van der Waals surface area contributed by atoms with E-state index in [2.05, 4.69) is 20.3 Å². The maximum atomic E-state index is 13.9. The van der Waals surface area contributed by atoms with Crippen LogP contribution in [0, 0.1) is 11.7 Å². The molecule has 1 atom stereocenters. The van der Waals surface area contributed by atoms with Gasteiger partial charge in [0.05, 0.1) is 28.8 Å². The smallest absolute Gasteiger partial charge is 0.221 e. The van der Waals surface area contributed by atoms with E-state index in [1.54, 1.807) is 18.2 Å². The second kappa shape index (κ2) is 8.49. The molecular weight excluding hydrogens is 383 g/mol. The van der Waals surface area contributed by atoms with Gasteiger partial charge in [0.15, 0.2) is 11.7 Å².